The van der Waals surface area contributed by atoms with Crippen LogP contribution < -0.4 is 20.1 Å². The van der Waals surface area contributed by atoms with E-state index in [1.807, 2.05) is 49.4 Å². The van der Waals surface area contributed by atoms with Gasteiger partial charge in [0.25, 0.3) is 0 Å². The minimum absolute atomic E-state index is 0. The lowest BCUT2D eigenvalue weighted by atomic mass is 9.97. The van der Waals surface area contributed by atoms with Crippen molar-refractivity contribution in [3.63, 3.8) is 0 Å². The fraction of sp³-hybridized carbons (Fsp3) is 0.423. The molecule has 2 aromatic rings. The van der Waals surface area contributed by atoms with Crippen molar-refractivity contribution in [3.05, 3.63) is 64.7 Å². The first-order valence-corrected chi connectivity index (χ1v) is 13.6. The van der Waals surface area contributed by atoms with E-state index in [4.69, 9.17) is 15.9 Å². The molecule has 0 radical (unpaired) electrons. The Bertz CT molecular complexity index is 1200. The molecule has 36 heavy (non-hydrogen) atoms. The molecule has 1 unspecified atom stereocenters. The second-order valence-electron chi connectivity index (χ2n) is 8.89. The summed E-state index contributed by atoms with van der Waals surface area (Å²) < 4.78 is 34.2. The van der Waals surface area contributed by atoms with Crippen molar-refractivity contribution in [2.45, 2.75) is 51.7 Å². The number of benzene rings is 2. The zero-order valence-electron chi connectivity index (χ0n) is 20.7. The summed E-state index contributed by atoms with van der Waals surface area (Å²) in [4.78, 5) is 0. The maximum Gasteiger partial charge on any atom is 0.235 e. The van der Waals surface area contributed by atoms with Gasteiger partial charge < -0.3 is 15.8 Å². The number of nitrogen functional groups attached to an aromatic ring is 1. The number of sulfonamides is 1. The molecule has 0 saturated carbocycles. The predicted molar refractivity (Wildman–Crippen MR) is 153 cm³/mol. The normalized spacial score (nSPS) is 18.1. The average Bonchev–Trinajstić information content (AvgIpc) is 3.23. The number of fused-ring (bicyclic) bond motifs is 1. The maximum absolute atomic E-state index is 13.2. The number of amidine groups is 1. The lowest BCUT2D eigenvalue weighted by Gasteiger charge is -2.28. The molecule has 1 atom stereocenters. The van der Waals surface area contributed by atoms with Crippen LogP contribution in [0.15, 0.2) is 48.0 Å². The highest BCUT2D eigenvalue weighted by Crippen LogP contribution is 2.40. The highest BCUT2D eigenvalue weighted by Gasteiger charge is 2.38. The Hall–Kier alpha value is -2.26. The van der Waals surface area contributed by atoms with Crippen LogP contribution in [0.3, 0.4) is 0 Å². The molecule has 1 fully saturated rings. The van der Waals surface area contributed by atoms with Crippen LogP contribution in [0.2, 0.25) is 0 Å². The summed E-state index contributed by atoms with van der Waals surface area (Å²) in [5, 5.41) is 11.1. The first kappa shape index (κ1) is 30.0. The van der Waals surface area contributed by atoms with Crippen LogP contribution in [-0.2, 0) is 16.4 Å². The Morgan fingerprint density at radius 3 is 2.53 bits per heavy atom. The van der Waals surface area contributed by atoms with Gasteiger partial charge in [-0.3, -0.25) is 9.71 Å². The molecule has 198 valence electrons. The topological polar surface area (TPSA) is 109 Å². The summed E-state index contributed by atoms with van der Waals surface area (Å²) in [5.74, 6) is 0.849. The third kappa shape index (κ3) is 6.54. The third-order valence-electron chi connectivity index (χ3n) is 6.62. The molecule has 4 rings (SSSR count). The Kier molecular flexibility index (Phi) is 10.7. The average molecular weight is 556 g/mol. The van der Waals surface area contributed by atoms with E-state index in [2.05, 4.69) is 5.32 Å². The van der Waals surface area contributed by atoms with Crippen molar-refractivity contribution in [1.29, 1.82) is 5.41 Å². The Morgan fingerprint density at radius 2 is 1.89 bits per heavy atom. The van der Waals surface area contributed by atoms with Crippen LogP contribution in [0, 0.1) is 5.41 Å². The minimum Gasteiger partial charge on any atom is -0.490 e. The van der Waals surface area contributed by atoms with Gasteiger partial charge in [-0.15, -0.1) is 24.8 Å². The number of nitrogens with zero attached hydrogens (tertiary/aromatic N) is 1. The third-order valence-corrected chi connectivity index (χ3v) is 8.40. The number of nitrogens with two attached hydrogens (primary N) is 1. The van der Waals surface area contributed by atoms with E-state index in [0.717, 1.165) is 54.1 Å². The summed E-state index contributed by atoms with van der Waals surface area (Å²) in [5.41, 5.74) is 9.97. The van der Waals surface area contributed by atoms with E-state index in [0.29, 0.717) is 18.4 Å². The first-order valence-electron chi connectivity index (χ1n) is 12.0. The van der Waals surface area contributed by atoms with Gasteiger partial charge in [-0.25, -0.2) is 8.42 Å². The monoisotopic (exact) mass is 554 g/mol. The Morgan fingerprint density at radius 1 is 1.17 bits per heavy atom. The van der Waals surface area contributed by atoms with Gasteiger partial charge in [-0.05, 0) is 86.7 Å². The van der Waals surface area contributed by atoms with Gasteiger partial charge >= 0.3 is 0 Å². The zero-order valence-corrected chi connectivity index (χ0v) is 23.1. The number of halogens is 2. The zero-order chi connectivity index (χ0) is 24.3. The first-order chi connectivity index (χ1) is 16.3. The molecule has 10 heteroatoms. The molecule has 0 bridgehead atoms. The van der Waals surface area contributed by atoms with Gasteiger partial charge in [0.05, 0.1) is 17.5 Å². The van der Waals surface area contributed by atoms with Gasteiger partial charge in [-0.1, -0.05) is 31.2 Å². The van der Waals surface area contributed by atoms with Gasteiger partial charge in [0, 0.05) is 5.56 Å². The van der Waals surface area contributed by atoms with E-state index >= 15 is 0 Å². The largest absolute Gasteiger partial charge is 0.490 e. The van der Waals surface area contributed by atoms with Crippen LogP contribution in [0.5, 0.6) is 5.75 Å². The Labute approximate surface area is 226 Å². The SMILES string of the molecule is CC/C(=C\c1cccc(C(=N)N)c1)C1Cc2cc(OC3CCNCC3)ccc2N1S(=O)(=O)CC.Cl.Cl. The van der Waals surface area contributed by atoms with Gasteiger partial charge in [0.2, 0.25) is 10.0 Å². The summed E-state index contributed by atoms with van der Waals surface area (Å²) in [6.07, 6.45) is 5.47. The van der Waals surface area contributed by atoms with Crippen molar-refractivity contribution in [3.8, 4) is 5.75 Å². The van der Waals surface area contributed by atoms with Crippen molar-refractivity contribution in [2.24, 2.45) is 5.73 Å². The highest BCUT2D eigenvalue weighted by molar-refractivity contribution is 7.92. The quantitative estimate of drug-likeness (QED) is 0.328. The second-order valence-corrected chi connectivity index (χ2v) is 11.0. The van der Waals surface area contributed by atoms with E-state index in [-0.39, 0.29) is 48.5 Å². The second kappa shape index (κ2) is 12.8. The molecule has 0 spiro atoms. The molecular formula is C26H36Cl2N4O3S. The number of anilines is 1. The number of ether oxygens (including phenoxy) is 1. The van der Waals surface area contributed by atoms with E-state index < -0.39 is 10.0 Å². The number of hydrogen-bond donors (Lipinski definition) is 3. The standard InChI is InChI=1S/C26H34N4O3S.2ClH/c1-3-19(14-18-6-5-7-20(15-18)26(27)28)25-17-21-16-23(33-22-10-12-29-13-11-22)8-9-24(21)30(25)34(31,32)4-2;;/h5-9,14-16,22,25,29H,3-4,10-13,17H2,1-2H3,(H3,27,28);2*1H/b19-14+;;. The molecule has 2 aromatic carbocycles. The number of piperidine rings is 1. The Balaban J connectivity index is 0.00000228. The fourth-order valence-electron chi connectivity index (χ4n) is 4.79. The molecule has 2 aliphatic rings. The predicted octanol–water partition coefficient (Wildman–Crippen LogP) is 4.52. The van der Waals surface area contributed by atoms with Crippen molar-refractivity contribution in [1.82, 2.24) is 5.32 Å². The van der Waals surface area contributed by atoms with E-state index in [1.54, 1.807) is 17.3 Å². The van der Waals surface area contributed by atoms with Gasteiger partial charge in [-0.2, -0.15) is 0 Å². The van der Waals surface area contributed by atoms with Crippen LogP contribution >= 0.6 is 24.8 Å². The van der Waals surface area contributed by atoms with Gasteiger partial charge in [0.1, 0.15) is 17.7 Å². The summed E-state index contributed by atoms with van der Waals surface area (Å²) in [7, 11) is -3.48. The lowest BCUT2D eigenvalue weighted by molar-refractivity contribution is 0.162. The summed E-state index contributed by atoms with van der Waals surface area (Å²) >= 11 is 0. The molecule has 7 nitrogen and oxygen atoms in total. The van der Waals surface area contributed by atoms with Crippen molar-refractivity contribution >= 4 is 52.4 Å². The molecular weight excluding hydrogens is 519 g/mol. The van der Waals surface area contributed by atoms with Crippen LogP contribution in [-0.4, -0.2) is 45.2 Å². The van der Waals surface area contributed by atoms with Gasteiger partial charge in [0.15, 0.2) is 0 Å². The molecule has 0 aliphatic carbocycles. The molecule has 0 amide bonds. The lowest BCUT2D eigenvalue weighted by Crippen LogP contribution is -2.39. The smallest absolute Gasteiger partial charge is 0.235 e. The summed E-state index contributed by atoms with van der Waals surface area (Å²) in [6.45, 7) is 5.64. The number of hydrogen-bond acceptors (Lipinski definition) is 5. The number of nitrogens with one attached hydrogen (secondary N) is 2. The minimum atomic E-state index is -3.48. The molecule has 2 heterocycles. The maximum atomic E-state index is 13.2. The van der Waals surface area contributed by atoms with Crippen molar-refractivity contribution in [2.75, 3.05) is 23.1 Å². The van der Waals surface area contributed by atoms with E-state index in [9.17, 15) is 8.42 Å². The van der Waals surface area contributed by atoms with E-state index in [1.165, 1.54) is 0 Å². The van der Waals surface area contributed by atoms with Crippen LogP contribution in [0.1, 0.15) is 49.8 Å². The number of rotatable bonds is 8. The van der Waals surface area contributed by atoms with Crippen LogP contribution in [0.4, 0.5) is 5.69 Å². The molecule has 0 aromatic heterocycles. The highest BCUT2D eigenvalue weighted by atomic mass is 35.5. The van der Waals surface area contributed by atoms with Crippen LogP contribution in [0.25, 0.3) is 6.08 Å². The molecule has 4 N–H and O–H groups in total. The van der Waals surface area contributed by atoms with Crippen molar-refractivity contribution < 1.29 is 13.2 Å². The fourth-order valence-corrected chi connectivity index (χ4v) is 6.14. The molecule has 2 aliphatic heterocycles. The molecule has 1 saturated heterocycles. The summed E-state index contributed by atoms with van der Waals surface area (Å²) in [6, 6.07) is 13.0.